The smallest absolute Gasteiger partial charge is 0.337 e. The first kappa shape index (κ1) is 17.3. The van der Waals surface area contributed by atoms with Crippen LogP contribution in [0.5, 0.6) is 0 Å². The average Bonchev–Trinajstić information content (AvgIpc) is 2.98. The van der Waals surface area contributed by atoms with Crippen LogP contribution in [0.3, 0.4) is 0 Å². The lowest BCUT2D eigenvalue weighted by atomic mass is 9.83. The molecule has 7 nitrogen and oxygen atoms in total. The van der Waals surface area contributed by atoms with Gasteiger partial charge in [-0.25, -0.2) is 14.0 Å². The van der Waals surface area contributed by atoms with E-state index >= 15 is 0 Å². The predicted molar refractivity (Wildman–Crippen MR) is 96.0 cm³/mol. The molecule has 1 atom stereocenters. The molecule has 140 valence electrons. The lowest BCUT2D eigenvalue weighted by Crippen LogP contribution is -2.39. The van der Waals surface area contributed by atoms with Crippen LogP contribution in [0.1, 0.15) is 30.9 Å². The van der Waals surface area contributed by atoms with Crippen molar-refractivity contribution in [2.45, 2.75) is 26.3 Å². The highest BCUT2D eigenvalue weighted by Crippen LogP contribution is 2.42. The number of carbonyl (C=O) groups excluding carboxylic acids is 1. The third-order valence-electron chi connectivity index (χ3n) is 4.73. The van der Waals surface area contributed by atoms with E-state index in [1.165, 1.54) is 28.8 Å². The van der Waals surface area contributed by atoms with E-state index in [-0.39, 0.29) is 18.1 Å². The molecule has 1 aromatic carbocycles. The standard InChI is InChI=1S/C19H18FN3O4/c1-9(2)7-23-16-15(17(24)22-19(23)26)13(10-3-5-11(20)6-4-10)14-12(21-16)8-27-18(14)25/h3-6,9,13,21H,7-8H2,1-2H3,(H,22,24,26)/t13-/m0/s1. The van der Waals surface area contributed by atoms with Crippen molar-refractivity contribution in [1.29, 1.82) is 0 Å². The van der Waals surface area contributed by atoms with Crippen LogP contribution in [-0.4, -0.2) is 22.1 Å². The van der Waals surface area contributed by atoms with Crippen molar-refractivity contribution in [3.8, 4) is 0 Å². The number of aromatic nitrogens is 2. The second-order valence-corrected chi connectivity index (χ2v) is 7.10. The summed E-state index contributed by atoms with van der Waals surface area (Å²) in [5.74, 6) is -1.19. The summed E-state index contributed by atoms with van der Waals surface area (Å²) in [6.07, 6.45) is 0. The average molecular weight is 371 g/mol. The van der Waals surface area contributed by atoms with Gasteiger partial charge in [0, 0.05) is 6.54 Å². The molecular formula is C19H18FN3O4. The lowest BCUT2D eigenvalue weighted by molar-refractivity contribution is -0.136. The third-order valence-corrected chi connectivity index (χ3v) is 4.73. The molecule has 27 heavy (non-hydrogen) atoms. The van der Waals surface area contributed by atoms with Gasteiger partial charge in [0.05, 0.1) is 22.8 Å². The fraction of sp³-hybridized carbons (Fsp3) is 0.316. The minimum absolute atomic E-state index is 0.0357. The van der Waals surface area contributed by atoms with Gasteiger partial charge in [0.2, 0.25) is 0 Å². The number of rotatable bonds is 3. The van der Waals surface area contributed by atoms with Gasteiger partial charge < -0.3 is 10.1 Å². The highest BCUT2D eigenvalue weighted by Gasteiger charge is 2.41. The normalized spacial score (nSPS) is 18.2. The molecule has 0 saturated heterocycles. The van der Waals surface area contributed by atoms with Crippen LogP contribution in [0.15, 0.2) is 45.1 Å². The molecule has 0 amide bonds. The van der Waals surface area contributed by atoms with Crippen molar-refractivity contribution in [1.82, 2.24) is 9.55 Å². The first-order valence-electron chi connectivity index (χ1n) is 8.66. The second-order valence-electron chi connectivity index (χ2n) is 7.10. The van der Waals surface area contributed by atoms with E-state index in [1.807, 2.05) is 13.8 Å². The zero-order chi connectivity index (χ0) is 19.3. The molecule has 1 aromatic heterocycles. The molecule has 2 aliphatic rings. The number of benzene rings is 1. The Morgan fingerprint density at radius 1 is 1.22 bits per heavy atom. The fourth-order valence-corrected chi connectivity index (χ4v) is 3.62. The van der Waals surface area contributed by atoms with Gasteiger partial charge in [-0.2, -0.15) is 0 Å². The number of H-pyrrole nitrogens is 1. The first-order valence-corrected chi connectivity index (χ1v) is 8.66. The summed E-state index contributed by atoms with van der Waals surface area (Å²) >= 11 is 0. The van der Waals surface area contributed by atoms with Crippen molar-refractivity contribution in [2.24, 2.45) is 5.92 Å². The van der Waals surface area contributed by atoms with Crippen LogP contribution in [-0.2, 0) is 16.1 Å². The molecule has 2 N–H and O–H groups in total. The number of cyclic esters (lactones) is 1. The van der Waals surface area contributed by atoms with Gasteiger partial charge in [0.25, 0.3) is 5.56 Å². The number of aromatic amines is 1. The molecule has 0 aliphatic carbocycles. The number of carbonyl (C=O) groups is 1. The highest BCUT2D eigenvalue weighted by molar-refractivity contribution is 5.96. The summed E-state index contributed by atoms with van der Waals surface area (Å²) in [6, 6.07) is 5.61. The Hall–Kier alpha value is -3.16. The summed E-state index contributed by atoms with van der Waals surface area (Å²) in [6.45, 7) is 4.33. The van der Waals surface area contributed by atoms with Crippen molar-refractivity contribution in [3.05, 3.63) is 73.3 Å². The monoisotopic (exact) mass is 371 g/mol. The second kappa shape index (κ2) is 6.22. The topological polar surface area (TPSA) is 93.2 Å². The quantitative estimate of drug-likeness (QED) is 0.801. The summed E-state index contributed by atoms with van der Waals surface area (Å²) in [5.41, 5.74) is 0.555. The van der Waals surface area contributed by atoms with Gasteiger partial charge in [0.15, 0.2) is 0 Å². The Bertz CT molecular complexity index is 1080. The fourth-order valence-electron chi connectivity index (χ4n) is 3.62. The molecule has 4 rings (SSSR count). The number of halogens is 1. The number of nitrogens with one attached hydrogen (secondary N) is 2. The van der Waals surface area contributed by atoms with Crippen LogP contribution in [0.25, 0.3) is 0 Å². The van der Waals surface area contributed by atoms with E-state index in [0.29, 0.717) is 29.2 Å². The first-order chi connectivity index (χ1) is 12.9. The van der Waals surface area contributed by atoms with Crippen molar-refractivity contribution in [3.63, 3.8) is 0 Å². The van der Waals surface area contributed by atoms with E-state index in [9.17, 15) is 18.8 Å². The summed E-state index contributed by atoms with van der Waals surface area (Å²) in [4.78, 5) is 39.8. The molecule has 0 saturated carbocycles. The maximum Gasteiger partial charge on any atom is 0.337 e. The van der Waals surface area contributed by atoms with E-state index < -0.39 is 29.0 Å². The lowest BCUT2D eigenvalue weighted by Gasteiger charge is -2.28. The summed E-state index contributed by atoms with van der Waals surface area (Å²) in [5, 5.41) is 3.06. The van der Waals surface area contributed by atoms with E-state index in [4.69, 9.17) is 4.74 Å². The SMILES string of the molecule is CC(C)Cn1c2c(c(=O)[nH]c1=O)[C@@H](c1ccc(F)cc1)C1=C(COC1=O)N2. The third kappa shape index (κ3) is 2.77. The largest absolute Gasteiger partial charge is 0.456 e. The Labute approximate surface area is 153 Å². The molecule has 0 spiro atoms. The molecule has 0 unspecified atom stereocenters. The zero-order valence-electron chi connectivity index (χ0n) is 14.8. The number of hydrogen-bond donors (Lipinski definition) is 2. The van der Waals surface area contributed by atoms with Crippen molar-refractivity contribution < 1.29 is 13.9 Å². The van der Waals surface area contributed by atoms with Gasteiger partial charge >= 0.3 is 11.7 Å². The van der Waals surface area contributed by atoms with Gasteiger partial charge in [-0.05, 0) is 23.6 Å². The van der Waals surface area contributed by atoms with E-state index in [0.717, 1.165) is 0 Å². The Kier molecular flexibility index (Phi) is 3.98. The van der Waals surface area contributed by atoms with Crippen LogP contribution in [0.4, 0.5) is 10.2 Å². The van der Waals surface area contributed by atoms with Crippen LogP contribution in [0, 0.1) is 11.7 Å². The summed E-state index contributed by atoms with van der Waals surface area (Å²) in [7, 11) is 0. The van der Waals surface area contributed by atoms with Gasteiger partial charge in [0.1, 0.15) is 18.2 Å². The van der Waals surface area contributed by atoms with Gasteiger partial charge in [-0.3, -0.25) is 14.3 Å². The molecule has 2 aromatic rings. The molecule has 3 heterocycles. The summed E-state index contributed by atoms with van der Waals surface area (Å²) < 4.78 is 20.0. The molecule has 2 aliphatic heterocycles. The maximum absolute atomic E-state index is 13.4. The molecule has 8 heteroatoms. The van der Waals surface area contributed by atoms with Gasteiger partial charge in [-0.15, -0.1) is 0 Å². The van der Waals surface area contributed by atoms with Crippen LogP contribution in [0.2, 0.25) is 0 Å². The van der Waals surface area contributed by atoms with Crippen LogP contribution < -0.4 is 16.6 Å². The molecule has 0 fully saturated rings. The number of ether oxygens (including phenoxy) is 1. The van der Waals surface area contributed by atoms with Crippen molar-refractivity contribution >= 4 is 11.8 Å². The predicted octanol–water partition coefficient (Wildman–Crippen LogP) is 1.70. The minimum Gasteiger partial charge on any atom is -0.456 e. The minimum atomic E-state index is -0.741. The van der Waals surface area contributed by atoms with Gasteiger partial charge in [-0.1, -0.05) is 26.0 Å². The Balaban J connectivity index is 2.01. The molecule has 0 bridgehead atoms. The van der Waals surface area contributed by atoms with Crippen molar-refractivity contribution in [2.75, 3.05) is 11.9 Å². The highest BCUT2D eigenvalue weighted by atomic mass is 19.1. The Morgan fingerprint density at radius 3 is 2.59 bits per heavy atom. The maximum atomic E-state index is 13.4. The van der Waals surface area contributed by atoms with E-state index in [1.54, 1.807) is 0 Å². The van der Waals surface area contributed by atoms with Crippen LogP contribution >= 0.6 is 0 Å². The molecule has 0 radical (unpaired) electrons. The number of anilines is 1. The van der Waals surface area contributed by atoms with E-state index in [2.05, 4.69) is 10.3 Å². The number of fused-ring (bicyclic) bond motifs is 1. The zero-order valence-corrected chi connectivity index (χ0v) is 14.8. The number of esters is 1. The molecular weight excluding hydrogens is 353 g/mol. The Morgan fingerprint density at radius 2 is 1.93 bits per heavy atom. The number of hydrogen-bond acceptors (Lipinski definition) is 5. The number of nitrogens with zero attached hydrogens (tertiary/aromatic N) is 1.